The number of amides is 1. The second-order valence-electron chi connectivity index (χ2n) is 7.16. The second kappa shape index (κ2) is 7.56. The van der Waals surface area contributed by atoms with Gasteiger partial charge in [-0.15, -0.1) is 0 Å². The minimum atomic E-state index is -3.60. The summed E-state index contributed by atoms with van der Waals surface area (Å²) < 4.78 is 32.8. The van der Waals surface area contributed by atoms with E-state index < -0.39 is 10.0 Å². The van der Waals surface area contributed by atoms with Crippen LogP contribution < -0.4 is 9.64 Å². The van der Waals surface area contributed by atoms with Crippen molar-refractivity contribution in [3.8, 4) is 5.75 Å². The van der Waals surface area contributed by atoms with E-state index in [-0.39, 0.29) is 16.4 Å². The van der Waals surface area contributed by atoms with E-state index >= 15 is 0 Å². The van der Waals surface area contributed by atoms with E-state index in [1.807, 2.05) is 24.3 Å². The van der Waals surface area contributed by atoms with Crippen molar-refractivity contribution in [2.24, 2.45) is 0 Å². The molecule has 2 heterocycles. The summed E-state index contributed by atoms with van der Waals surface area (Å²) in [4.78, 5) is 15.2. The van der Waals surface area contributed by atoms with Gasteiger partial charge >= 0.3 is 0 Å². The molecule has 148 valence electrons. The van der Waals surface area contributed by atoms with E-state index in [0.29, 0.717) is 25.4 Å². The predicted octanol–water partition coefficient (Wildman–Crippen LogP) is 3.07. The van der Waals surface area contributed by atoms with Crippen LogP contribution in [0, 0.1) is 0 Å². The SMILES string of the molecule is COc1ccc(S(=O)(=O)N2CCCC2)cc1C(=O)N1CCCc2ccccc21. The molecule has 2 aliphatic heterocycles. The van der Waals surface area contributed by atoms with Gasteiger partial charge in [-0.3, -0.25) is 4.79 Å². The second-order valence-corrected chi connectivity index (χ2v) is 9.10. The Morgan fingerprint density at radius 3 is 2.50 bits per heavy atom. The number of hydrogen-bond donors (Lipinski definition) is 0. The van der Waals surface area contributed by atoms with Gasteiger partial charge in [-0.25, -0.2) is 8.42 Å². The van der Waals surface area contributed by atoms with Crippen molar-refractivity contribution in [2.45, 2.75) is 30.6 Å². The van der Waals surface area contributed by atoms with E-state index in [2.05, 4.69) is 0 Å². The van der Waals surface area contributed by atoms with Gasteiger partial charge in [-0.1, -0.05) is 18.2 Å². The maximum atomic E-state index is 13.4. The normalized spacial score (nSPS) is 17.4. The van der Waals surface area contributed by atoms with Crippen LogP contribution in [0.25, 0.3) is 0 Å². The number of carbonyl (C=O) groups is 1. The maximum absolute atomic E-state index is 13.4. The smallest absolute Gasteiger partial charge is 0.262 e. The molecular weight excluding hydrogens is 376 g/mol. The number of nitrogens with zero attached hydrogens (tertiary/aromatic N) is 2. The summed E-state index contributed by atoms with van der Waals surface area (Å²) in [6.07, 6.45) is 3.54. The number of methoxy groups -OCH3 is 1. The summed E-state index contributed by atoms with van der Waals surface area (Å²) >= 11 is 0. The molecule has 28 heavy (non-hydrogen) atoms. The highest BCUT2D eigenvalue weighted by atomic mass is 32.2. The topological polar surface area (TPSA) is 66.9 Å². The summed E-state index contributed by atoms with van der Waals surface area (Å²) in [7, 11) is -2.11. The number of ether oxygens (including phenoxy) is 1. The van der Waals surface area contributed by atoms with E-state index in [1.165, 1.54) is 23.5 Å². The third-order valence-corrected chi connectivity index (χ3v) is 7.35. The van der Waals surface area contributed by atoms with Crippen molar-refractivity contribution in [1.29, 1.82) is 0 Å². The lowest BCUT2D eigenvalue weighted by molar-refractivity contribution is 0.0982. The quantitative estimate of drug-likeness (QED) is 0.791. The van der Waals surface area contributed by atoms with Crippen LogP contribution in [0.4, 0.5) is 5.69 Å². The van der Waals surface area contributed by atoms with Gasteiger partial charge in [-0.2, -0.15) is 4.31 Å². The molecule has 7 heteroatoms. The van der Waals surface area contributed by atoms with Crippen LogP contribution in [0.2, 0.25) is 0 Å². The summed E-state index contributed by atoms with van der Waals surface area (Å²) in [6.45, 7) is 1.65. The van der Waals surface area contributed by atoms with Gasteiger partial charge in [0.05, 0.1) is 17.6 Å². The van der Waals surface area contributed by atoms with Crippen LogP contribution in [-0.2, 0) is 16.4 Å². The van der Waals surface area contributed by atoms with E-state index in [9.17, 15) is 13.2 Å². The standard InChI is InChI=1S/C21H24N2O4S/c1-27-20-11-10-17(28(25,26)22-12-4-5-13-22)15-18(20)21(24)23-14-6-8-16-7-2-3-9-19(16)23/h2-3,7,9-11,15H,4-6,8,12-14H2,1H3. The zero-order chi connectivity index (χ0) is 19.7. The van der Waals surface area contributed by atoms with Crippen LogP contribution in [-0.4, -0.2) is 45.4 Å². The van der Waals surface area contributed by atoms with Crippen molar-refractivity contribution in [2.75, 3.05) is 31.6 Å². The van der Waals surface area contributed by atoms with Gasteiger partial charge in [0.1, 0.15) is 5.75 Å². The molecule has 6 nitrogen and oxygen atoms in total. The molecule has 0 N–H and O–H groups in total. The van der Waals surface area contributed by atoms with Gasteiger partial charge in [-0.05, 0) is 55.5 Å². The lowest BCUT2D eigenvalue weighted by atomic mass is 10.0. The van der Waals surface area contributed by atoms with Gasteiger partial charge in [0.25, 0.3) is 5.91 Å². The first kappa shape index (κ1) is 19.0. The first-order valence-electron chi connectivity index (χ1n) is 9.60. The summed E-state index contributed by atoms with van der Waals surface area (Å²) in [5, 5.41) is 0. The summed E-state index contributed by atoms with van der Waals surface area (Å²) in [5.41, 5.74) is 2.29. The highest BCUT2D eigenvalue weighted by molar-refractivity contribution is 7.89. The van der Waals surface area contributed by atoms with Gasteiger partial charge < -0.3 is 9.64 Å². The molecule has 1 saturated heterocycles. The van der Waals surface area contributed by atoms with E-state index in [4.69, 9.17) is 4.74 Å². The molecule has 0 bridgehead atoms. The Hall–Kier alpha value is -2.38. The van der Waals surface area contributed by atoms with Crippen molar-refractivity contribution < 1.29 is 17.9 Å². The van der Waals surface area contributed by atoms with Crippen LogP contribution in [0.5, 0.6) is 5.75 Å². The van der Waals surface area contributed by atoms with Crippen LogP contribution >= 0.6 is 0 Å². The van der Waals surface area contributed by atoms with E-state index in [1.54, 1.807) is 11.0 Å². The number of aryl methyl sites for hydroxylation is 1. The number of carbonyl (C=O) groups excluding carboxylic acids is 1. The minimum absolute atomic E-state index is 0.142. The first-order valence-corrected chi connectivity index (χ1v) is 11.0. The number of rotatable bonds is 4. The van der Waals surface area contributed by atoms with Crippen LogP contribution in [0.3, 0.4) is 0 Å². The number of fused-ring (bicyclic) bond motifs is 1. The molecule has 1 fully saturated rings. The largest absolute Gasteiger partial charge is 0.496 e. The molecule has 0 spiro atoms. The summed E-state index contributed by atoms with van der Waals surface area (Å²) in [6, 6.07) is 12.4. The molecule has 4 rings (SSSR count). The van der Waals surface area contributed by atoms with E-state index in [0.717, 1.165) is 36.9 Å². The molecule has 0 saturated carbocycles. The number of para-hydroxylation sites is 1. The fourth-order valence-corrected chi connectivity index (χ4v) is 5.53. The molecule has 0 radical (unpaired) electrons. The van der Waals surface area contributed by atoms with Gasteiger partial charge in [0.2, 0.25) is 10.0 Å². The monoisotopic (exact) mass is 400 g/mol. The third kappa shape index (κ3) is 3.29. The van der Waals surface area contributed by atoms with Gasteiger partial charge in [0.15, 0.2) is 0 Å². The fourth-order valence-electron chi connectivity index (χ4n) is 3.98. The molecule has 0 aliphatic carbocycles. The average Bonchev–Trinajstić information content (AvgIpc) is 3.28. The number of sulfonamides is 1. The van der Waals surface area contributed by atoms with Crippen LogP contribution in [0.15, 0.2) is 47.4 Å². The lowest BCUT2D eigenvalue weighted by Gasteiger charge is -2.30. The Balaban J connectivity index is 1.74. The summed E-state index contributed by atoms with van der Waals surface area (Å²) in [5.74, 6) is 0.149. The molecule has 1 amide bonds. The minimum Gasteiger partial charge on any atom is -0.496 e. The zero-order valence-electron chi connectivity index (χ0n) is 15.9. The molecule has 2 aromatic rings. The van der Waals surface area contributed by atoms with Crippen molar-refractivity contribution >= 4 is 21.6 Å². The average molecular weight is 401 g/mol. The third-order valence-electron chi connectivity index (χ3n) is 5.46. The molecule has 0 unspecified atom stereocenters. The molecule has 2 aromatic carbocycles. The maximum Gasteiger partial charge on any atom is 0.262 e. The molecule has 2 aliphatic rings. The van der Waals surface area contributed by atoms with Crippen molar-refractivity contribution in [3.63, 3.8) is 0 Å². The van der Waals surface area contributed by atoms with Crippen molar-refractivity contribution in [3.05, 3.63) is 53.6 Å². The Labute approximate surface area is 165 Å². The highest BCUT2D eigenvalue weighted by Crippen LogP contribution is 2.32. The Kier molecular flexibility index (Phi) is 5.12. The Morgan fingerprint density at radius 2 is 1.75 bits per heavy atom. The number of benzene rings is 2. The fraction of sp³-hybridized carbons (Fsp3) is 0.381. The van der Waals surface area contributed by atoms with Crippen LogP contribution in [0.1, 0.15) is 35.2 Å². The molecular formula is C21H24N2O4S. The zero-order valence-corrected chi connectivity index (χ0v) is 16.7. The Morgan fingerprint density at radius 1 is 1.00 bits per heavy atom. The van der Waals surface area contributed by atoms with Gasteiger partial charge in [0, 0.05) is 25.3 Å². The first-order chi connectivity index (χ1) is 13.5. The lowest BCUT2D eigenvalue weighted by Crippen LogP contribution is -2.36. The van der Waals surface area contributed by atoms with Crippen molar-refractivity contribution in [1.82, 2.24) is 4.31 Å². The predicted molar refractivity (Wildman–Crippen MR) is 107 cm³/mol. The number of anilines is 1. The Bertz CT molecular complexity index is 997. The highest BCUT2D eigenvalue weighted by Gasteiger charge is 2.30. The molecule has 0 atom stereocenters. The number of hydrogen-bond acceptors (Lipinski definition) is 4. The molecule has 0 aromatic heterocycles.